The van der Waals surface area contributed by atoms with E-state index in [1.165, 1.54) is 15.3 Å². The van der Waals surface area contributed by atoms with Crippen molar-refractivity contribution in [2.24, 2.45) is 0 Å². The molecule has 0 atom stereocenters. The van der Waals surface area contributed by atoms with Gasteiger partial charge in [0, 0.05) is 29.4 Å². The second-order valence-corrected chi connectivity index (χ2v) is 7.88. The fourth-order valence-corrected chi connectivity index (χ4v) is 4.22. The summed E-state index contributed by atoms with van der Waals surface area (Å²) >= 11 is 1.86. The Balaban J connectivity index is 1.53. The molecule has 0 bridgehead atoms. The van der Waals surface area contributed by atoms with Crippen LogP contribution in [0.3, 0.4) is 0 Å². The zero-order valence-electron chi connectivity index (χ0n) is 15.9. The van der Waals surface area contributed by atoms with Gasteiger partial charge in [-0.05, 0) is 48.7 Å². The molecule has 4 N–H and O–H groups in total. The highest BCUT2D eigenvalue weighted by Gasteiger charge is 2.13. The number of rotatable bonds is 11. The van der Waals surface area contributed by atoms with Crippen molar-refractivity contribution in [3.63, 3.8) is 0 Å². The van der Waals surface area contributed by atoms with Gasteiger partial charge in [0.15, 0.2) is 24.7 Å². The fourth-order valence-electron chi connectivity index (χ4n) is 3.06. The third kappa shape index (κ3) is 6.45. The molecule has 0 saturated carbocycles. The third-order valence-corrected chi connectivity index (χ3v) is 5.63. The predicted octanol–water partition coefficient (Wildman–Crippen LogP) is 1.65. The molecule has 1 aliphatic rings. The van der Waals surface area contributed by atoms with E-state index >= 15 is 0 Å². The van der Waals surface area contributed by atoms with Crippen molar-refractivity contribution in [1.82, 2.24) is 10.6 Å². The average Bonchev–Trinajstić information content (AvgIpc) is 3.11. The summed E-state index contributed by atoms with van der Waals surface area (Å²) in [5.41, 5.74) is 2.34. The molecule has 1 aliphatic heterocycles. The normalized spacial score (nSPS) is 13.0. The van der Waals surface area contributed by atoms with E-state index in [1.54, 1.807) is 12.1 Å². The molecule has 0 radical (unpaired) electrons. The van der Waals surface area contributed by atoms with E-state index in [2.05, 4.69) is 16.7 Å². The van der Waals surface area contributed by atoms with Crippen LogP contribution in [-0.4, -0.2) is 48.5 Å². The van der Waals surface area contributed by atoms with Gasteiger partial charge in [0.25, 0.3) is 0 Å². The summed E-state index contributed by atoms with van der Waals surface area (Å²) in [5, 5.41) is 24.4. The van der Waals surface area contributed by atoms with Gasteiger partial charge in [0.2, 0.25) is 0 Å². The summed E-state index contributed by atoms with van der Waals surface area (Å²) < 4.78 is 10.4. The van der Waals surface area contributed by atoms with E-state index in [0.717, 1.165) is 44.6 Å². The summed E-state index contributed by atoms with van der Waals surface area (Å²) in [5.74, 6) is -1.80. The van der Waals surface area contributed by atoms with Crippen LogP contribution in [0.2, 0.25) is 0 Å². The standard InChI is InChI=1S/C20H24N2O6S/c23-19(24)11-27-16-2-1-13(7-17(16)28-12-20(25)26)3-5-22-10-15-8-14-9-21-6-4-18(14)29-15/h1-2,7-8,21-22H,3-6,9-12H2,(H,23,24)(H,25,26). The smallest absolute Gasteiger partial charge is 0.341 e. The first-order valence-corrected chi connectivity index (χ1v) is 10.2. The third-order valence-electron chi connectivity index (χ3n) is 4.39. The maximum Gasteiger partial charge on any atom is 0.341 e. The Hall–Kier alpha value is -2.62. The number of ether oxygens (including phenoxy) is 2. The Morgan fingerprint density at radius 2 is 1.86 bits per heavy atom. The molecular weight excluding hydrogens is 396 g/mol. The highest BCUT2D eigenvalue weighted by atomic mass is 32.1. The lowest BCUT2D eigenvalue weighted by molar-refractivity contribution is -0.140. The van der Waals surface area contributed by atoms with Crippen molar-refractivity contribution in [2.75, 3.05) is 26.3 Å². The van der Waals surface area contributed by atoms with Crippen LogP contribution in [0.25, 0.3) is 0 Å². The molecule has 9 heteroatoms. The monoisotopic (exact) mass is 420 g/mol. The lowest BCUT2D eigenvalue weighted by atomic mass is 10.1. The number of carbonyl (C=O) groups is 2. The Bertz CT molecular complexity index is 843. The van der Waals surface area contributed by atoms with E-state index in [0.29, 0.717) is 0 Å². The SMILES string of the molecule is O=C(O)COc1ccc(CCNCc2cc3c(s2)CCNC3)cc1OCC(=O)O. The summed E-state index contributed by atoms with van der Waals surface area (Å²) in [4.78, 5) is 24.3. The lowest BCUT2D eigenvalue weighted by Gasteiger charge is -2.12. The maximum absolute atomic E-state index is 10.8. The van der Waals surface area contributed by atoms with Crippen LogP contribution in [0.1, 0.15) is 20.9 Å². The van der Waals surface area contributed by atoms with Crippen LogP contribution < -0.4 is 20.1 Å². The van der Waals surface area contributed by atoms with Gasteiger partial charge in [-0.3, -0.25) is 0 Å². The lowest BCUT2D eigenvalue weighted by Crippen LogP contribution is -2.21. The van der Waals surface area contributed by atoms with Gasteiger partial charge in [-0.15, -0.1) is 11.3 Å². The number of carboxylic acids is 2. The summed E-state index contributed by atoms with van der Waals surface area (Å²) in [6.07, 6.45) is 1.81. The number of carboxylic acid groups (broad SMARTS) is 2. The van der Waals surface area contributed by atoms with Crippen molar-refractivity contribution >= 4 is 23.3 Å². The number of fused-ring (bicyclic) bond motifs is 1. The Kier molecular flexibility index (Phi) is 7.45. The van der Waals surface area contributed by atoms with Gasteiger partial charge in [0.05, 0.1) is 0 Å². The number of benzene rings is 1. The number of thiophene rings is 1. The molecule has 0 saturated heterocycles. The molecule has 3 rings (SSSR count). The summed E-state index contributed by atoms with van der Waals surface area (Å²) in [6, 6.07) is 7.38. The number of hydrogen-bond acceptors (Lipinski definition) is 7. The molecule has 2 heterocycles. The molecule has 8 nitrogen and oxygen atoms in total. The topological polar surface area (TPSA) is 117 Å². The fraction of sp³-hybridized carbons (Fsp3) is 0.400. The van der Waals surface area contributed by atoms with Gasteiger partial charge >= 0.3 is 11.9 Å². The summed E-state index contributed by atoms with van der Waals surface area (Å²) in [6.45, 7) is 2.49. The first-order valence-electron chi connectivity index (χ1n) is 9.35. The molecule has 0 unspecified atom stereocenters. The zero-order chi connectivity index (χ0) is 20.6. The second kappa shape index (κ2) is 10.2. The highest BCUT2D eigenvalue weighted by molar-refractivity contribution is 7.12. The first kappa shape index (κ1) is 21.1. The van der Waals surface area contributed by atoms with Crippen LogP contribution in [0, 0.1) is 0 Å². The quantitative estimate of drug-likeness (QED) is 0.406. The molecule has 0 amide bonds. The van der Waals surface area contributed by atoms with Gasteiger partial charge in [-0.1, -0.05) is 6.07 Å². The predicted molar refractivity (Wildman–Crippen MR) is 108 cm³/mol. The maximum atomic E-state index is 10.8. The minimum atomic E-state index is -1.12. The van der Waals surface area contributed by atoms with Crippen molar-refractivity contribution < 1.29 is 29.3 Å². The number of aliphatic carboxylic acids is 2. The molecule has 0 fully saturated rings. The van der Waals surface area contributed by atoms with Crippen LogP contribution in [0.5, 0.6) is 11.5 Å². The molecule has 156 valence electrons. The molecular formula is C20H24N2O6S. The van der Waals surface area contributed by atoms with Crippen molar-refractivity contribution in [2.45, 2.75) is 25.9 Å². The molecule has 1 aromatic carbocycles. The van der Waals surface area contributed by atoms with Crippen LogP contribution in [-0.2, 0) is 35.5 Å². The van der Waals surface area contributed by atoms with Crippen LogP contribution in [0.15, 0.2) is 24.3 Å². The zero-order valence-corrected chi connectivity index (χ0v) is 16.7. The minimum absolute atomic E-state index is 0.211. The summed E-state index contributed by atoms with van der Waals surface area (Å²) in [7, 11) is 0. The van der Waals surface area contributed by atoms with Gasteiger partial charge in [0.1, 0.15) is 0 Å². The Labute approximate surface area is 172 Å². The first-order chi connectivity index (χ1) is 14.0. The van der Waals surface area contributed by atoms with Crippen molar-refractivity contribution in [1.29, 1.82) is 0 Å². The molecule has 0 aliphatic carbocycles. The molecule has 0 spiro atoms. The van der Waals surface area contributed by atoms with E-state index in [1.807, 2.05) is 17.4 Å². The largest absolute Gasteiger partial charge is 0.479 e. The highest BCUT2D eigenvalue weighted by Crippen LogP contribution is 2.29. The van der Waals surface area contributed by atoms with E-state index in [9.17, 15) is 9.59 Å². The van der Waals surface area contributed by atoms with Gasteiger partial charge < -0.3 is 30.3 Å². The van der Waals surface area contributed by atoms with Gasteiger partial charge in [-0.25, -0.2) is 9.59 Å². The molecule has 1 aromatic heterocycles. The molecule has 2 aromatic rings. The second-order valence-electron chi connectivity index (χ2n) is 6.66. The van der Waals surface area contributed by atoms with Crippen molar-refractivity contribution in [3.8, 4) is 11.5 Å². The number of hydrogen-bond donors (Lipinski definition) is 4. The van der Waals surface area contributed by atoms with E-state index in [4.69, 9.17) is 19.7 Å². The van der Waals surface area contributed by atoms with Gasteiger partial charge in [-0.2, -0.15) is 0 Å². The van der Waals surface area contributed by atoms with Crippen LogP contribution in [0.4, 0.5) is 0 Å². The number of nitrogens with one attached hydrogen (secondary N) is 2. The minimum Gasteiger partial charge on any atom is -0.479 e. The van der Waals surface area contributed by atoms with Crippen molar-refractivity contribution in [3.05, 3.63) is 45.1 Å². The van der Waals surface area contributed by atoms with E-state index in [-0.39, 0.29) is 11.5 Å². The average molecular weight is 420 g/mol. The molecule has 29 heavy (non-hydrogen) atoms. The van der Waals surface area contributed by atoms with E-state index < -0.39 is 25.2 Å². The Morgan fingerprint density at radius 1 is 1.10 bits per heavy atom. The van der Waals surface area contributed by atoms with Crippen LogP contribution >= 0.6 is 11.3 Å². The Morgan fingerprint density at radius 3 is 2.59 bits per heavy atom.